The molecule has 1 aliphatic heterocycles. The van der Waals surface area contributed by atoms with Gasteiger partial charge in [-0.2, -0.15) is 0 Å². The lowest BCUT2D eigenvalue weighted by Gasteiger charge is -2.33. The number of aromatic nitrogens is 4. The maximum atomic E-state index is 13.0. The molecule has 0 bridgehead atoms. The second-order valence-electron chi connectivity index (χ2n) is 8.32. The Labute approximate surface area is 197 Å². The summed E-state index contributed by atoms with van der Waals surface area (Å²) in [4.78, 5) is 35.2. The minimum atomic E-state index is -0.222. The third-order valence-corrected chi connectivity index (χ3v) is 6.00. The van der Waals surface area contributed by atoms with E-state index in [0.717, 1.165) is 59.8 Å². The number of hydrogen-bond acceptors (Lipinski definition) is 8. The number of likely N-dealkylation sites (N-methyl/N-ethyl adjacent to an activating group) is 1. The van der Waals surface area contributed by atoms with Crippen molar-refractivity contribution < 1.29 is 4.79 Å². The maximum Gasteiger partial charge on any atom is 0.257 e. The molecule has 172 valence electrons. The molecule has 0 radical (unpaired) electrons. The first-order valence-electron chi connectivity index (χ1n) is 11.2. The molecule has 9 nitrogen and oxygen atoms in total. The molecule has 0 aromatic carbocycles. The number of anilines is 3. The third-order valence-electron chi connectivity index (χ3n) is 6.00. The Kier molecular flexibility index (Phi) is 6.01. The van der Waals surface area contributed by atoms with E-state index in [0.29, 0.717) is 11.4 Å². The van der Waals surface area contributed by atoms with Crippen molar-refractivity contribution in [2.24, 2.45) is 0 Å². The molecular weight excluding hydrogens is 428 g/mol. The van der Waals surface area contributed by atoms with E-state index in [-0.39, 0.29) is 5.91 Å². The summed E-state index contributed by atoms with van der Waals surface area (Å²) in [6, 6.07) is 11.3. The number of carbonyl (C=O) groups excluding carboxylic acids is 1. The van der Waals surface area contributed by atoms with E-state index < -0.39 is 0 Å². The molecule has 5 rings (SSSR count). The van der Waals surface area contributed by atoms with Crippen molar-refractivity contribution in [3.8, 4) is 11.1 Å². The van der Waals surface area contributed by atoms with Crippen molar-refractivity contribution in [2.75, 3.05) is 55.8 Å². The monoisotopic (exact) mass is 454 g/mol. The summed E-state index contributed by atoms with van der Waals surface area (Å²) in [7, 11) is 3.95. The van der Waals surface area contributed by atoms with Gasteiger partial charge < -0.3 is 20.4 Å². The number of pyridine rings is 4. The fourth-order valence-electron chi connectivity index (χ4n) is 3.93. The van der Waals surface area contributed by atoms with Crippen LogP contribution in [0.25, 0.3) is 22.0 Å². The van der Waals surface area contributed by atoms with Crippen LogP contribution in [0.1, 0.15) is 10.4 Å². The maximum absolute atomic E-state index is 13.0. The number of rotatable bonds is 5. The Hall–Kier alpha value is -4.11. The number of fused-ring (bicyclic) bond motifs is 1. The number of nitrogens with zero attached hydrogens (tertiary/aromatic N) is 6. The number of amides is 1. The first-order valence-corrected chi connectivity index (χ1v) is 11.2. The highest BCUT2D eigenvalue weighted by Crippen LogP contribution is 2.24. The molecular formula is C25H26N8O. The zero-order valence-corrected chi connectivity index (χ0v) is 19.2. The lowest BCUT2D eigenvalue weighted by Crippen LogP contribution is -2.44. The van der Waals surface area contributed by atoms with E-state index in [9.17, 15) is 4.79 Å². The van der Waals surface area contributed by atoms with Gasteiger partial charge in [-0.1, -0.05) is 0 Å². The van der Waals surface area contributed by atoms with Crippen LogP contribution in [0.15, 0.2) is 61.2 Å². The molecule has 1 amide bonds. The van der Waals surface area contributed by atoms with E-state index in [2.05, 4.69) is 47.4 Å². The summed E-state index contributed by atoms with van der Waals surface area (Å²) in [6.45, 7) is 3.74. The van der Waals surface area contributed by atoms with Gasteiger partial charge in [0.25, 0.3) is 5.91 Å². The van der Waals surface area contributed by atoms with Crippen molar-refractivity contribution in [1.82, 2.24) is 24.8 Å². The van der Waals surface area contributed by atoms with Crippen molar-refractivity contribution in [1.29, 1.82) is 0 Å². The SMILES string of the molecule is CNc1ccc(-c2cnc3cnc(NC(=O)c4ccnc(N5CCN(C)CC5)c4)cc3c2)cn1. The average molecular weight is 455 g/mol. The zero-order valence-electron chi connectivity index (χ0n) is 19.2. The van der Waals surface area contributed by atoms with Gasteiger partial charge in [0.2, 0.25) is 0 Å². The Morgan fingerprint density at radius 3 is 2.41 bits per heavy atom. The summed E-state index contributed by atoms with van der Waals surface area (Å²) in [6.07, 6.45) is 6.95. The molecule has 9 heteroatoms. The van der Waals surface area contributed by atoms with Crippen LogP contribution in [0.4, 0.5) is 17.5 Å². The number of piperazine rings is 1. The quantitative estimate of drug-likeness (QED) is 0.475. The van der Waals surface area contributed by atoms with Crippen LogP contribution in [0, 0.1) is 0 Å². The molecule has 0 saturated carbocycles. The molecule has 0 spiro atoms. The predicted octanol–water partition coefficient (Wildman–Crippen LogP) is 3.13. The molecule has 1 fully saturated rings. The van der Waals surface area contributed by atoms with Crippen molar-refractivity contribution >= 4 is 34.3 Å². The van der Waals surface area contributed by atoms with Gasteiger partial charge in [-0.15, -0.1) is 0 Å². The first kappa shape index (κ1) is 21.7. The van der Waals surface area contributed by atoms with E-state index in [1.165, 1.54) is 0 Å². The van der Waals surface area contributed by atoms with Gasteiger partial charge in [0.15, 0.2) is 0 Å². The zero-order chi connectivity index (χ0) is 23.5. The van der Waals surface area contributed by atoms with E-state index in [1.54, 1.807) is 30.9 Å². The molecule has 5 heterocycles. The molecule has 0 atom stereocenters. The lowest BCUT2D eigenvalue weighted by molar-refractivity contribution is 0.102. The van der Waals surface area contributed by atoms with Crippen LogP contribution in [0.3, 0.4) is 0 Å². The van der Waals surface area contributed by atoms with Gasteiger partial charge in [0.05, 0.1) is 11.7 Å². The fourth-order valence-corrected chi connectivity index (χ4v) is 3.93. The second kappa shape index (κ2) is 9.40. The minimum absolute atomic E-state index is 0.222. The topological polar surface area (TPSA) is 99.2 Å². The predicted molar refractivity (Wildman–Crippen MR) is 134 cm³/mol. The highest BCUT2D eigenvalue weighted by molar-refractivity contribution is 6.04. The summed E-state index contributed by atoms with van der Waals surface area (Å²) in [5.41, 5.74) is 3.21. The molecule has 1 aliphatic rings. The fraction of sp³-hybridized carbons (Fsp3) is 0.240. The highest BCUT2D eigenvalue weighted by atomic mass is 16.1. The van der Waals surface area contributed by atoms with Crippen molar-refractivity contribution in [2.45, 2.75) is 0 Å². The Balaban J connectivity index is 1.35. The van der Waals surface area contributed by atoms with Gasteiger partial charge in [0.1, 0.15) is 17.5 Å². The number of carbonyl (C=O) groups is 1. The van der Waals surface area contributed by atoms with Gasteiger partial charge in [0, 0.05) is 73.9 Å². The van der Waals surface area contributed by atoms with Crippen LogP contribution in [-0.4, -0.2) is 71.0 Å². The standard InChI is InChI=1S/C25H26N8O/c1-26-22-4-3-18(14-29-22)20-11-19-12-23(30-16-21(19)28-15-20)31-25(34)17-5-6-27-24(13-17)33-9-7-32(2)8-10-33/h3-6,11-16H,7-10H2,1-2H3,(H,26,29)(H,30,31,34). The molecule has 34 heavy (non-hydrogen) atoms. The molecule has 0 unspecified atom stereocenters. The van der Waals surface area contributed by atoms with Gasteiger partial charge >= 0.3 is 0 Å². The highest BCUT2D eigenvalue weighted by Gasteiger charge is 2.17. The summed E-state index contributed by atoms with van der Waals surface area (Å²) in [5, 5.41) is 6.81. The summed E-state index contributed by atoms with van der Waals surface area (Å²) < 4.78 is 0. The van der Waals surface area contributed by atoms with Gasteiger partial charge in [-0.05, 0) is 43.4 Å². The van der Waals surface area contributed by atoms with Crippen LogP contribution in [0.2, 0.25) is 0 Å². The second-order valence-corrected chi connectivity index (χ2v) is 8.32. The Bertz CT molecular complexity index is 1320. The third kappa shape index (κ3) is 4.65. The number of hydrogen-bond donors (Lipinski definition) is 2. The van der Waals surface area contributed by atoms with Crippen LogP contribution in [-0.2, 0) is 0 Å². The van der Waals surface area contributed by atoms with Crippen molar-refractivity contribution in [3.05, 3.63) is 66.7 Å². The van der Waals surface area contributed by atoms with Gasteiger partial charge in [-0.3, -0.25) is 9.78 Å². The van der Waals surface area contributed by atoms with Crippen LogP contribution in [0.5, 0.6) is 0 Å². The van der Waals surface area contributed by atoms with E-state index in [4.69, 9.17) is 0 Å². The molecule has 1 saturated heterocycles. The Morgan fingerprint density at radius 1 is 0.853 bits per heavy atom. The van der Waals surface area contributed by atoms with Gasteiger partial charge in [-0.25, -0.2) is 15.0 Å². The minimum Gasteiger partial charge on any atom is -0.373 e. The normalized spacial score (nSPS) is 14.2. The van der Waals surface area contributed by atoms with E-state index in [1.807, 2.05) is 37.4 Å². The molecule has 4 aromatic heterocycles. The lowest BCUT2D eigenvalue weighted by atomic mass is 10.1. The van der Waals surface area contributed by atoms with Crippen LogP contribution < -0.4 is 15.5 Å². The molecule has 4 aromatic rings. The average Bonchev–Trinajstić information content (AvgIpc) is 2.89. The van der Waals surface area contributed by atoms with E-state index >= 15 is 0 Å². The van der Waals surface area contributed by atoms with Crippen LogP contribution >= 0.6 is 0 Å². The summed E-state index contributed by atoms with van der Waals surface area (Å²) >= 11 is 0. The largest absolute Gasteiger partial charge is 0.373 e. The smallest absolute Gasteiger partial charge is 0.257 e. The first-order chi connectivity index (χ1) is 16.6. The van der Waals surface area contributed by atoms with Crippen molar-refractivity contribution in [3.63, 3.8) is 0 Å². The molecule has 2 N–H and O–H groups in total. The molecule has 0 aliphatic carbocycles. The summed E-state index contributed by atoms with van der Waals surface area (Å²) in [5.74, 6) is 1.87. The Morgan fingerprint density at radius 2 is 1.65 bits per heavy atom. The number of nitrogens with one attached hydrogen (secondary N) is 2.